The van der Waals surface area contributed by atoms with Crippen molar-refractivity contribution in [3.05, 3.63) is 35.8 Å². The Morgan fingerprint density at radius 1 is 1.09 bits per heavy atom. The maximum absolute atomic E-state index is 5.30. The minimum Gasteiger partial charge on any atom is -0.468 e. The van der Waals surface area contributed by atoms with E-state index in [1.807, 2.05) is 13.2 Å². The smallest absolute Gasteiger partial charge is 0.108 e. The summed E-state index contributed by atoms with van der Waals surface area (Å²) in [6, 6.07) is 6.23. The highest BCUT2D eigenvalue weighted by Crippen LogP contribution is 2.22. The predicted octanol–water partition coefficient (Wildman–Crippen LogP) is 3.05. The summed E-state index contributed by atoms with van der Waals surface area (Å²) in [5.74, 6) is 1.00. The maximum Gasteiger partial charge on any atom is 0.108 e. The van der Waals surface area contributed by atoms with E-state index in [1.54, 1.807) is 0 Å². The molecule has 0 fully saturated rings. The van der Waals surface area contributed by atoms with E-state index in [-0.39, 0.29) is 0 Å². The van der Waals surface area contributed by atoms with Gasteiger partial charge in [0.2, 0.25) is 0 Å². The highest BCUT2D eigenvalue weighted by molar-refractivity contribution is 5.86. The third-order valence-electron chi connectivity index (χ3n) is 2.06. The summed E-state index contributed by atoms with van der Waals surface area (Å²) in [5.41, 5.74) is 1.28. The Morgan fingerprint density at radius 3 is 2.64 bits per heavy atom. The van der Waals surface area contributed by atoms with Crippen molar-refractivity contribution in [1.29, 1.82) is 0 Å². The van der Waals surface area contributed by atoms with Crippen LogP contribution in [-0.4, -0.2) is 0 Å². The molecule has 2 aromatic rings. The number of benzene rings is 1. The molecule has 11 heavy (non-hydrogen) atoms. The number of furan rings is 1. The monoisotopic (exact) mass is 146 g/mol. The van der Waals surface area contributed by atoms with E-state index in [4.69, 9.17) is 4.42 Å². The first-order valence-corrected chi connectivity index (χ1v) is 3.72. The summed E-state index contributed by atoms with van der Waals surface area (Å²) in [5, 5.41) is 2.45. The molecule has 56 valence electrons. The van der Waals surface area contributed by atoms with Gasteiger partial charge in [-0.05, 0) is 19.4 Å². The Bertz CT molecular complexity index is 385. The van der Waals surface area contributed by atoms with Gasteiger partial charge in [0.1, 0.15) is 5.76 Å². The van der Waals surface area contributed by atoms with Gasteiger partial charge < -0.3 is 4.42 Å². The van der Waals surface area contributed by atoms with E-state index in [1.165, 1.54) is 16.3 Å². The lowest BCUT2D eigenvalue weighted by Gasteiger charge is -1.92. The van der Waals surface area contributed by atoms with Crippen LogP contribution in [0.15, 0.2) is 28.9 Å². The van der Waals surface area contributed by atoms with E-state index < -0.39 is 0 Å². The Labute approximate surface area is 65.6 Å². The van der Waals surface area contributed by atoms with Crippen LogP contribution in [0, 0.1) is 13.8 Å². The zero-order chi connectivity index (χ0) is 7.84. The quantitative estimate of drug-likeness (QED) is 0.556. The van der Waals surface area contributed by atoms with Crippen molar-refractivity contribution in [3.8, 4) is 0 Å². The normalized spacial score (nSPS) is 10.7. The van der Waals surface area contributed by atoms with Gasteiger partial charge in [-0.15, -0.1) is 0 Å². The highest BCUT2D eigenvalue weighted by Gasteiger charge is 2.01. The van der Waals surface area contributed by atoms with Crippen molar-refractivity contribution >= 4 is 10.8 Å². The van der Waals surface area contributed by atoms with Crippen LogP contribution in [0.5, 0.6) is 0 Å². The van der Waals surface area contributed by atoms with Gasteiger partial charge in [0.05, 0.1) is 6.26 Å². The zero-order valence-electron chi connectivity index (χ0n) is 6.72. The summed E-state index contributed by atoms with van der Waals surface area (Å²) < 4.78 is 5.30. The van der Waals surface area contributed by atoms with E-state index in [0.29, 0.717) is 0 Å². The van der Waals surface area contributed by atoms with Gasteiger partial charge in [-0.2, -0.15) is 0 Å². The van der Waals surface area contributed by atoms with E-state index >= 15 is 0 Å². The molecule has 0 aliphatic carbocycles. The standard InChI is InChI=1S/C10H10O/c1-7-4-3-5-9-8(2)11-6-10(7)9/h3-6H,1-2H3. The number of fused-ring (bicyclic) bond motifs is 1. The van der Waals surface area contributed by atoms with Crippen LogP contribution in [0.1, 0.15) is 11.3 Å². The topological polar surface area (TPSA) is 13.1 Å². The molecule has 0 aliphatic heterocycles. The van der Waals surface area contributed by atoms with Crippen LogP contribution in [-0.2, 0) is 0 Å². The molecule has 0 spiro atoms. The fourth-order valence-electron chi connectivity index (χ4n) is 1.35. The fourth-order valence-corrected chi connectivity index (χ4v) is 1.35. The van der Waals surface area contributed by atoms with Crippen molar-refractivity contribution in [2.75, 3.05) is 0 Å². The summed E-state index contributed by atoms with van der Waals surface area (Å²) in [4.78, 5) is 0. The first kappa shape index (κ1) is 6.47. The summed E-state index contributed by atoms with van der Waals surface area (Å²) in [6.07, 6.45) is 1.82. The molecule has 1 aromatic carbocycles. The molecule has 1 aromatic heterocycles. The van der Waals surface area contributed by atoms with E-state index in [0.717, 1.165) is 5.76 Å². The van der Waals surface area contributed by atoms with Crippen molar-refractivity contribution in [2.24, 2.45) is 0 Å². The first-order chi connectivity index (χ1) is 5.29. The van der Waals surface area contributed by atoms with Gasteiger partial charge in [-0.25, -0.2) is 0 Å². The van der Waals surface area contributed by atoms with Crippen molar-refractivity contribution in [1.82, 2.24) is 0 Å². The second-order valence-electron chi connectivity index (χ2n) is 2.83. The highest BCUT2D eigenvalue weighted by atomic mass is 16.3. The molecular formula is C10H10O. The molecule has 0 atom stereocenters. The van der Waals surface area contributed by atoms with Crippen LogP contribution >= 0.6 is 0 Å². The predicted molar refractivity (Wildman–Crippen MR) is 45.7 cm³/mol. The van der Waals surface area contributed by atoms with E-state index in [9.17, 15) is 0 Å². The van der Waals surface area contributed by atoms with Gasteiger partial charge in [-0.1, -0.05) is 18.2 Å². The largest absolute Gasteiger partial charge is 0.468 e. The Balaban J connectivity index is 2.94. The summed E-state index contributed by atoms with van der Waals surface area (Å²) in [6.45, 7) is 4.08. The van der Waals surface area contributed by atoms with Crippen molar-refractivity contribution in [2.45, 2.75) is 13.8 Å². The molecule has 2 rings (SSSR count). The first-order valence-electron chi connectivity index (χ1n) is 3.72. The fraction of sp³-hybridized carbons (Fsp3) is 0.200. The lowest BCUT2D eigenvalue weighted by Crippen LogP contribution is -1.71. The summed E-state index contributed by atoms with van der Waals surface area (Å²) >= 11 is 0. The minimum atomic E-state index is 1.00. The molecular weight excluding hydrogens is 136 g/mol. The molecule has 0 radical (unpaired) electrons. The van der Waals surface area contributed by atoms with Crippen LogP contribution < -0.4 is 0 Å². The molecule has 0 aliphatic rings. The van der Waals surface area contributed by atoms with Gasteiger partial charge >= 0.3 is 0 Å². The third kappa shape index (κ3) is 0.845. The number of aryl methyl sites for hydroxylation is 2. The molecule has 0 unspecified atom stereocenters. The van der Waals surface area contributed by atoms with Crippen molar-refractivity contribution < 1.29 is 4.42 Å². The summed E-state index contributed by atoms with van der Waals surface area (Å²) in [7, 11) is 0. The van der Waals surface area contributed by atoms with Crippen molar-refractivity contribution in [3.63, 3.8) is 0 Å². The Morgan fingerprint density at radius 2 is 1.91 bits per heavy atom. The van der Waals surface area contributed by atoms with Crippen LogP contribution in [0.4, 0.5) is 0 Å². The second kappa shape index (κ2) is 2.12. The molecule has 1 heterocycles. The van der Waals surface area contributed by atoms with Gasteiger partial charge in [0.15, 0.2) is 0 Å². The Hall–Kier alpha value is -1.24. The lowest BCUT2D eigenvalue weighted by atomic mass is 10.1. The maximum atomic E-state index is 5.30. The van der Waals surface area contributed by atoms with Crippen LogP contribution in [0.25, 0.3) is 10.8 Å². The van der Waals surface area contributed by atoms with Gasteiger partial charge in [0, 0.05) is 10.8 Å². The number of hydrogen-bond donors (Lipinski definition) is 0. The second-order valence-corrected chi connectivity index (χ2v) is 2.83. The Kier molecular flexibility index (Phi) is 1.25. The van der Waals surface area contributed by atoms with Gasteiger partial charge in [-0.3, -0.25) is 0 Å². The average molecular weight is 146 g/mol. The lowest BCUT2D eigenvalue weighted by molar-refractivity contribution is 0.539. The third-order valence-corrected chi connectivity index (χ3v) is 2.06. The molecule has 0 bridgehead atoms. The molecule has 0 amide bonds. The van der Waals surface area contributed by atoms with Gasteiger partial charge in [0.25, 0.3) is 0 Å². The molecule has 0 saturated carbocycles. The minimum absolute atomic E-state index is 1.00. The molecule has 1 nitrogen and oxygen atoms in total. The molecule has 0 saturated heterocycles. The molecule has 0 N–H and O–H groups in total. The molecule has 1 heteroatoms. The number of rotatable bonds is 0. The number of hydrogen-bond acceptors (Lipinski definition) is 1. The SMILES string of the molecule is Cc1cccc2c(C)occ12. The van der Waals surface area contributed by atoms with Crippen LogP contribution in [0.3, 0.4) is 0 Å². The average Bonchev–Trinajstić information content (AvgIpc) is 2.35. The van der Waals surface area contributed by atoms with Crippen LogP contribution in [0.2, 0.25) is 0 Å². The zero-order valence-corrected chi connectivity index (χ0v) is 6.72. The van der Waals surface area contributed by atoms with E-state index in [2.05, 4.69) is 25.1 Å².